The molecule has 184 valence electrons. The second-order valence-corrected chi connectivity index (χ2v) is 16.8. The highest BCUT2D eigenvalue weighted by Gasteiger charge is 2.42. The summed E-state index contributed by atoms with van der Waals surface area (Å²) >= 11 is 0. The summed E-state index contributed by atoms with van der Waals surface area (Å²) in [4.78, 5) is 41.6. The molecule has 0 N–H and O–H groups in total. The number of esters is 1. The third-order valence-corrected chi connectivity index (χ3v) is 10.3. The van der Waals surface area contributed by atoms with Gasteiger partial charge in [-0.15, -0.1) is 0 Å². The summed E-state index contributed by atoms with van der Waals surface area (Å²) in [7, 11) is -1.76. The first-order valence-electron chi connectivity index (χ1n) is 11.6. The lowest BCUT2D eigenvalue weighted by Crippen LogP contribution is -2.57. The van der Waals surface area contributed by atoms with Crippen molar-refractivity contribution in [2.24, 2.45) is 0 Å². The second kappa shape index (κ2) is 10.1. The van der Waals surface area contributed by atoms with E-state index in [2.05, 4.69) is 33.5 Å². The Morgan fingerprint density at radius 1 is 1.03 bits per heavy atom. The van der Waals surface area contributed by atoms with Crippen LogP contribution in [-0.2, 0) is 14.3 Å². The molecule has 1 aliphatic heterocycles. The molecule has 33 heavy (non-hydrogen) atoms. The van der Waals surface area contributed by atoms with Crippen LogP contribution in [0, 0.1) is 0 Å². The molecule has 0 saturated heterocycles. The number of amides is 2. The van der Waals surface area contributed by atoms with Gasteiger partial charge in [0.1, 0.15) is 0 Å². The quantitative estimate of drug-likeness (QED) is 0.289. The van der Waals surface area contributed by atoms with Gasteiger partial charge < -0.3 is 9.47 Å². The fourth-order valence-electron chi connectivity index (χ4n) is 3.52. The highest BCUT2D eigenvalue weighted by atomic mass is 28.3. The lowest BCUT2D eigenvalue weighted by molar-refractivity contribution is -0.147. The van der Waals surface area contributed by atoms with Crippen molar-refractivity contribution in [1.29, 1.82) is 0 Å². The average molecular weight is 477 g/mol. The normalized spacial score (nSPS) is 15.8. The predicted octanol–water partition coefficient (Wildman–Crippen LogP) is 3.99. The molecule has 2 rings (SSSR count). The lowest BCUT2D eigenvalue weighted by atomic mass is 10.0. The maximum absolute atomic E-state index is 13.0. The van der Waals surface area contributed by atoms with Crippen LogP contribution in [0.25, 0.3) is 0 Å². The van der Waals surface area contributed by atoms with Gasteiger partial charge >= 0.3 is 5.97 Å². The van der Waals surface area contributed by atoms with Gasteiger partial charge in [0, 0.05) is 12.1 Å². The first kappa shape index (κ1) is 27.2. The molecule has 1 atom stereocenters. The molecule has 8 heteroatoms. The molecule has 0 radical (unpaired) electrons. The van der Waals surface area contributed by atoms with Crippen molar-refractivity contribution in [1.82, 2.24) is 9.80 Å². The van der Waals surface area contributed by atoms with Crippen LogP contribution in [0.15, 0.2) is 24.3 Å². The molecule has 0 unspecified atom stereocenters. The number of fused-ring (bicyclic) bond motifs is 1. The topological polar surface area (TPSA) is 76.2 Å². The van der Waals surface area contributed by atoms with Crippen molar-refractivity contribution in [2.75, 3.05) is 26.2 Å². The number of imide groups is 1. The number of carbonyl (C=O) groups excluding carboxylic acids is 3. The SMILES string of the molecule is CCOC(=O)CN(C[C@H](CN1C(=O)c2ccccc2C1=O)OC(C)(C)[Si](C)(C)C)C(C)(C)C. The lowest BCUT2D eigenvalue weighted by Gasteiger charge is -2.43. The van der Waals surface area contributed by atoms with E-state index in [4.69, 9.17) is 9.47 Å². The van der Waals surface area contributed by atoms with Gasteiger partial charge in [-0.1, -0.05) is 31.8 Å². The molecule has 1 aromatic rings. The minimum absolute atomic E-state index is 0.104. The Morgan fingerprint density at radius 2 is 1.55 bits per heavy atom. The zero-order chi connectivity index (χ0) is 25.2. The molecule has 1 aromatic carbocycles. The number of ether oxygens (including phenoxy) is 2. The van der Waals surface area contributed by atoms with E-state index in [1.807, 2.05) is 25.7 Å². The van der Waals surface area contributed by atoms with Crippen LogP contribution in [-0.4, -0.2) is 78.8 Å². The maximum Gasteiger partial charge on any atom is 0.320 e. The van der Waals surface area contributed by atoms with Crippen molar-refractivity contribution in [3.05, 3.63) is 35.4 Å². The monoisotopic (exact) mass is 476 g/mol. The summed E-state index contributed by atoms with van der Waals surface area (Å²) in [6, 6.07) is 6.88. The first-order chi connectivity index (χ1) is 15.1. The summed E-state index contributed by atoms with van der Waals surface area (Å²) in [5, 5.41) is -0.413. The van der Waals surface area contributed by atoms with Gasteiger partial charge in [0.25, 0.3) is 11.8 Å². The van der Waals surface area contributed by atoms with Crippen LogP contribution in [0.4, 0.5) is 0 Å². The Morgan fingerprint density at radius 3 is 1.97 bits per heavy atom. The van der Waals surface area contributed by atoms with E-state index in [-0.39, 0.29) is 36.4 Å². The number of carbonyl (C=O) groups is 3. The van der Waals surface area contributed by atoms with Crippen LogP contribution >= 0.6 is 0 Å². The summed E-state index contributed by atoms with van der Waals surface area (Å²) in [6.45, 7) is 19.6. The Hall–Kier alpha value is -2.03. The van der Waals surface area contributed by atoms with Crippen LogP contribution in [0.3, 0.4) is 0 Å². The van der Waals surface area contributed by atoms with E-state index in [9.17, 15) is 14.4 Å². The Labute approximate surface area is 199 Å². The Kier molecular flexibility index (Phi) is 8.31. The molecule has 0 aromatic heterocycles. The van der Waals surface area contributed by atoms with Crippen LogP contribution in [0.5, 0.6) is 0 Å². The van der Waals surface area contributed by atoms with Gasteiger partial charge in [0.15, 0.2) is 0 Å². The van der Waals surface area contributed by atoms with E-state index >= 15 is 0 Å². The molecule has 1 heterocycles. The number of nitrogens with zero attached hydrogens (tertiary/aromatic N) is 2. The molecule has 0 bridgehead atoms. The Bertz CT molecular complexity index is 851. The highest BCUT2D eigenvalue weighted by molar-refractivity contribution is 6.78. The molecular formula is C25H40N2O5Si. The molecular weight excluding hydrogens is 436 g/mol. The summed E-state index contributed by atoms with van der Waals surface area (Å²) in [6.07, 6.45) is -0.470. The van der Waals surface area contributed by atoms with E-state index in [1.165, 1.54) is 4.90 Å². The minimum atomic E-state index is -1.76. The van der Waals surface area contributed by atoms with E-state index in [0.29, 0.717) is 24.3 Å². The predicted molar refractivity (Wildman–Crippen MR) is 132 cm³/mol. The molecule has 2 amide bonds. The largest absolute Gasteiger partial charge is 0.465 e. The standard InChI is InChI=1S/C25H40N2O5Si/c1-10-31-21(28)17-26(24(2,3)4)15-18(32-25(5,6)33(7,8)9)16-27-22(29)19-13-11-12-14-20(19)23(27)30/h11-14,18H,10,15-17H2,1-9H3/t18-/m1/s1. The zero-order valence-corrected chi connectivity index (χ0v) is 22.7. The van der Waals surface area contributed by atoms with Crippen molar-refractivity contribution in [3.63, 3.8) is 0 Å². The number of hydrogen-bond donors (Lipinski definition) is 0. The second-order valence-electron chi connectivity index (χ2n) is 11.1. The molecule has 0 saturated carbocycles. The van der Waals surface area contributed by atoms with Crippen LogP contribution < -0.4 is 0 Å². The molecule has 7 nitrogen and oxygen atoms in total. The summed E-state index contributed by atoms with van der Waals surface area (Å²) in [5.41, 5.74) is 0.495. The average Bonchev–Trinajstić information content (AvgIpc) is 2.91. The molecule has 1 aliphatic rings. The van der Waals surface area contributed by atoms with Crippen molar-refractivity contribution >= 4 is 25.9 Å². The summed E-state index contributed by atoms with van der Waals surface area (Å²) < 4.78 is 11.8. The van der Waals surface area contributed by atoms with Crippen molar-refractivity contribution < 1.29 is 23.9 Å². The fourth-order valence-corrected chi connectivity index (χ4v) is 4.04. The maximum atomic E-state index is 13.0. The van der Waals surface area contributed by atoms with Gasteiger partial charge in [-0.05, 0) is 53.7 Å². The summed E-state index contributed by atoms with van der Waals surface area (Å²) in [5.74, 6) is -0.915. The van der Waals surface area contributed by atoms with E-state index in [0.717, 1.165) is 0 Å². The van der Waals surface area contributed by atoms with Crippen LogP contribution in [0.1, 0.15) is 62.3 Å². The van der Waals surface area contributed by atoms with Crippen molar-refractivity contribution in [3.8, 4) is 0 Å². The highest BCUT2D eigenvalue weighted by Crippen LogP contribution is 2.29. The van der Waals surface area contributed by atoms with Crippen molar-refractivity contribution in [2.45, 2.75) is 78.1 Å². The van der Waals surface area contributed by atoms with Gasteiger partial charge in [0.05, 0.1) is 50.2 Å². The minimum Gasteiger partial charge on any atom is -0.465 e. The first-order valence-corrected chi connectivity index (χ1v) is 15.1. The van der Waals surface area contributed by atoms with Gasteiger partial charge in [0.2, 0.25) is 0 Å². The third-order valence-electron chi connectivity index (χ3n) is 6.53. The molecule has 0 spiro atoms. The van der Waals surface area contributed by atoms with E-state index < -0.39 is 19.4 Å². The number of hydrogen-bond acceptors (Lipinski definition) is 6. The van der Waals surface area contributed by atoms with Crippen LogP contribution in [0.2, 0.25) is 19.6 Å². The number of rotatable bonds is 10. The smallest absolute Gasteiger partial charge is 0.320 e. The van der Waals surface area contributed by atoms with Gasteiger partial charge in [-0.25, -0.2) is 0 Å². The fraction of sp³-hybridized carbons (Fsp3) is 0.640. The molecule has 0 fully saturated rings. The van der Waals surface area contributed by atoms with Gasteiger partial charge in [-0.3, -0.25) is 24.2 Å². The van der Waals surface area contributed by atoms with Gasteiger partial charge in [-0.2, -0.15) is 0 Å². The van der Waals surface area contributed by atoms with E-state index in [1.54, 1.807) is 31.2 Å². The zero-order valence-electron chi connectivity index (χ0n) is 21.7. The molecule has 0 aliphatic carbocycles. The number of benzene rings is 1. The Balaban J connectivity index is 2.34. The third kappa shape index (κ3) is 6.52.